The fourth-order valence-electron chi connectivity index (χ4n) is 3.01. The van der Waals surface area contributed by atoms with E-state index in [-0.39, 0.29) is 5.91 Å². The zero-order chi connectivity index (χ0) is 19.6. The van der Waals surface area contributed by atoms with Gasteiger partial charge in [-0.3, -0.25) is 4.79 Å². The van der Waals surface area contributed by atoms with E-state index >= 15 is 0 Å². The summed E-state index contributed by atoms with van der Waals surface area (Å²) in [6.07, 6.45) is 1.79. The number of hydrogen-bond acceptors (Lipinski definition) is 2. The number of carbonyl (C=O) groups is 1. The number of amides is 1. The van der Waals surface area contributed by atoms with E-state index in [0.29, 0.717) is 6.54 Å². The zero-order valence-electron chi connectivity index (χ0n) is 15.7. The monoisotopic (exact) mass is 409 g/mol. The summed E-state index contributed by atoms with van der Waals surface area (Å²) in [5.41, 5.74) is 4.28. The lowest BCUT2D eigenvalue weighted by Gasteiger charge is -2.10. The van der Waals surface area contributed by atoms with Crippen molar-refractivity contribution < 1.29 is 4.79 Å². The highest BCUT2D eigenvalue weighted by Gasteiger charge is 2.10. The first-order chi connectivity index (χ1) is 13.7. The van der Waals surface area contributed by atoms with Crippen LogP contribution >= 0.6 is 23.4 Å². The first kappa shape index (κ1) is 20.5. The lowest BCUT2D eigenvalue weighted by atomic mass is 9.99. The van der Waals surface area contributed by atoms with Gasteiger partial charge in [0.1, 0.15) is 0 Å². The predicted octanol–water partition coefficient (Wildman–Crippen LogP) is 5.79. The van der Waals surface area contributed by atoms with Gasteiger partial charge in [-0.1, -0.05) is 78.3 Å². The molecule has 0 saturated heterocycles. The van der Waals surface area contributed by atoms with Crippen LogP contribution in [-0.2, 0) is 18.6 Å². The molecule has 3 rings (SSSR count). The van der Waals surface area contributed by atoms with Gasteiger partial charge in [0.15, 0.2) is 0 Å². The maximum absolute atomic E-state index is 12.6. The summed E-state index contributed by atoms with van der Waals surface area (Å²) in [6.45, 7) is 0.640. The SMILES string of the molecule is O=C(NCCSCc1ccccc1Cl)c1ccccc1CCc1ccccc1. The van der Waals surface area contributed by atoms with Crippen LogP contribution in [0.2, 0.25) is 5.02 Å². The van der Waals surface area contributed by atoms with Crippen LogP contribution in [0, 0.1) is 0 Å². The highest BCUT2D eigenvalue weighted by molar-refractivity contribution is 7.98. The molecule has 0 aliphatic rings. The topological polar surface area (TPSA) is 29.1 Å². The van der Waals surface area contributed by atoms with Crippen LogP contribution in [0.15, 0.2) is 78.9 Å². The van der Waals surface area contributed by atoms with Gasteiger partial charge in [-0.25, -0.2) is 0 Å². The standard InChI is InChI=1S/C24H24ClNOS/c25-23-13-7-5-11-21(23)18-28-17-16-26-24(27)22-12-6-4-10-20(22)15-14-19-8-2-1-3-9-19/h1-13H,14-18H2,(H,26,27). The molecule has 1 amide bonds. The minimum absolute atomic E-state index is 0.00186. The fourth-order valence-corrected chi connectivity index (χ4v) is 4.16. The van der Waals surface area contributed by atoms with Crippen molar-refractivity contribution in [2.75, 3.05) is 12.3 Å². The number of halogens is 1. The van der Waals surface area contributed by atoms with Crippen molar-refractivity contribution in [3.05, 3.63) is 106 Å². The molecule has 4 heteroatoms. The molecule has 0 aromatic heterocycles. The van der Waals surface area contributed by atoms with Gasteiger partial charge >= 0.3 is 0 Å². The number of nitrogens with one attached hydrogen (secondary N) is 1. The van der Waals surface area contributed by atoms with Crippen molar-refractivity contribution in [2.24, 2.45) is 0 Å². The molecule has 144 valence electrons. The highest BCUT2D eigenvalue weighted by Crippen LogP contribution is 2.20. The molecule has 0 aliphatic carbocycles. The number of carbonyl (C=O) groups excluding carboxylic acids is 1. The van der Waals surface area contributed by atoms with Crippen LogP contribution in [0.25, 0.3) is 0 Å². The van der Waals surface area contributed by atoms with Gasteiger partial charge < -0.3 is 5.32 Å². The first-order valence-electron chi connectivity index (χ1n) is 9.45. The molecule has 3 aromatic carbocycles. The van der Waals surface area contributed by atoms with E-state index in [1.807, 2.05) is 66.7 Å². The number of aryl methyl sites for hydroxylation is 2. The highest BCUT2D eigenvalue weighted by atomic mass is 35.5. The fraction of sp³-hybridized carbons (Fsp3) is 0.208. The Balaban J connectivity index is 1.47. The molecule has 2 nitrogen and oxygen atoms in total. The number of hydrogen-bond donors (Lipinski definition) is 1. The summed E-state index contributed by atoms with van der Waals surface area (Å²) < 4.78 is 0. The van der Waals surface area contributed by atoms with E-state index in [4.69, 9.17) is 11.6 Å². The molecule has 0 bridgehead atoms. The van der Waals surface area contributed by atoms with Gasteiger partial charge in [0.25, 0.3) is 5.91 Å². The maximum Gasteiger partial charge on any atom is 0.251 e. The van der Waals surface area contributed by atoms with Crippen molar-refractivity contribution in [1.29, 1.82) is 0 Å². The summed E-state index contributed by atoms with van der Waals surface area (Å²) in [6, 6.07) is 26.1. The maximum atomic E-state index is 12.6. The zero-order valence-corrected chi connectivity index (χ0v) is 17.3. The first-order valence-corrected chi connectivity index (χ1v) is 11.0. The Hall–Kier alpha value is -2.23. The summed E-state index contributed by atoms with van der Waals surface area (Å²) in [5, 5.41) is 3.84. The van der Waals surface area contributed by atoms with Crippen LogP contribution in [0.1, 0.15) is 27.0 Å². The van der Waals surface area contributed by atoms with Crippen molar-refractivity contribution in [2.45, 2.75) is 18.6 Å². The molecular formula is C24H24ClNOS. The van der Waals surface area contributed by atoms with Crippen LogP contribution in [0.3, 0.4) is 0 Å². The van der Waals surface area contributed by atoms with E-state index in [9.17, 15) is 4.79 Å². The van der Waals surface area contributed by atoms with Crippen molar-refractivity contribution >= 4 is 29.3 Å². The van der Waals surface area contributed by atoms with Crippen molar-refractivity contribution in [3.8, 4) is 0 Å². The van der Waals surface area contributed by atoms with Gasteiger partial charge in [-0.05, 0) is 41.7 Å². The molecule has 3 aromatic rings. The molecule has 0 radical (unpaired) electrons. The Kier molecular flexibility index (Phi) is 8.01. The normalized spacial score (nSPS) is 10.6. The Morgan fingerprint density at radius 2 is 1.50 bits per heavy atom. The molecule has 0 atom stereocenters. The molecule has 0 spiro atoms. The average Bonchev–Trinajstić information content (AvgIpc) is 2.74. The van der Waals surface area contributed by atoms with Crippen LogP contribution in [0.5, 0.6) is 0 Å². The second-order valence-corrected chi connectivity index (χ2v) is 8.06. The Morgan fingerprint density at radius 3 is 2.29 bits per heavy atom. The second kappa shape index (κ2) is 10.9. The molecule has 0 fully saturated rings. The lowest BCUT2D eigenvalue weighted by Crippen LogP contribution is -2.26. The van der Waals surface area contributed by atoms with E-state index in [0.717, 1.165) is 46.1 Å². The Labute approximate surface area is 176 Å². The van der Waals surface area contributed by atoms with Gasteiger partial charge in [-0.15, -0.1) is 0 Å². The smallest absolute Gasteiger partial charge is 0.251 e. The Bertz CT molecular complexity index is 898. The van der Waals surface area contributed by atoms with E-state index in [2.05, 4.69) is 17.4 Å². The summed E-state index contributed by atoms with van der Waals surface area (Å²) in [4.78, 5) is 12.6. The molecule has 0 aliphatic heterocycles. The molecule has 28 heavy (non-hydrogen) atoms. The number of rotatable bonds is 9. The minimum Gasteiger partial charge on any atom is -0.351 e. The summed E-state index contributed by atoms with van der Waals surface area (Å²) in [7, 11) is 0. The minimum atomic E-state index is 0.00186. The van der Waals surface area contributed by atoms with Crippen LogP contribution in [-0.4, -0.2) is 18.2 Å². The third-order valence-corrected chi connectivity index (χ3v) is 5.91. The van der Waals surface area contributed by atoms with Crippen molar-refractivity contribution in [1.82, 2.24) is 5.32 Å². The molecule has 0 saturated carbocycles. The van der Waals surface area contributed by atoms with Gasteiger partial charge in [0, 0.05) is 28.6 Å². The van der Waals surface area contributed by atoms with Gasteiger partial charge in [-0.2, -0.15) is 11.8 Å². The lowest BCUT2D eigenvalue weighted by molar-refractivity contribution is 0.0955. The van der Waals surface area contributed by atoms with Crippen LogP contribution < -0.4 is 5.32 Å². The number of thioether (sulfide) groups is 1. The molecule has 0 unspecified atom stereocenters. The van der Waals surface area contributed by atoms with E-state index in [1.54, 1.807) is 11.8 Å². The van der Waals surface area contributed by atoms with Crippen LogP contribution in [0.4, 0.5) is 0 Å². The second-order valence-electron chi connectivity index (χ2n) is 6.54. The quantitative estimate of drug-likeness (QED) is 0.453. The largest absolute Gasteiger partial charge is 0.351 e. The van der Waals surface area contributed by atoms with Gasteiger partial charge in [0.2, 0.25) is 0 Å². The predicted molar refractivity (Wildman–Crippen MR) is 120 cm³/mol. The van der Waals surface area contributed by atoms with E-state index in [1.165, 1.54) is 5.56 Å². The number of benzene rings is 3. The third kappa shape index (κ3) is 6.15. The third-order valence-electron chi connectivity index (χ3n) is 4.54. The Morgan fingerprint density at radius 1 is 0.821 bits per heavy atom. The molecule has 0 heterocycles. The average molecular weight is 410 g/mol. The summed E-state index contributed by atoms with van der Waals surface area (Å²) >= 11 is 7.95. The van der Waals surface area contributed by atoms with Gasteiger partial charge in [0.05, 0.1) is 0 Å². The molecular weight excluding hydrogens is 386 g/mol. The van der Waals surface area contributed by atoms with Crippen molar-refractivity contribution in [3.63, 3.8) is 0 Å². The summed E-state index contributed by atoms with van der Waals surface area (Å²) in [5.74, 6) is 1.70. The van der Waals surface area contributed by atoms with E-state index < -0.39 is 0 Å². The molecule has 1 N–H and O–H groups in total.